The quantitative estimate of drug-likeness (QED) is 0.917. The first-order chi connectivity index (χ1) is 12.2. The van der Waals surface area contributed by atoms with Crippen molar-refractivity contribution in [1.29, 1.82) is 0 Å². The van der Waals surface area contributed by atoms with Gasteiger partial charge in [-0.15, -0.1) is 0 Å². The van der Waals surface area contributed by atoms with E-state index in [1.807, 2.05) is 41.3 Å². The average molecular weight is 336 g/mol. The number of hydrogen-bond acceptors (Lipinski definition) is 3. The van der Waals surface area contributed by atoms with Crippen molar-refractivity contribution in [2.45, 2.75) is 18.3 Å². The van der Waals surface area contributed by atoms with Crippen molar-refractivity contribution in [3.63, 3.8) is 0 Å². The maximum Gasteiger partial charge on any atom is 0.257 e. The summed E-state index contributed by atoms with van der Waals surface area (Å²) in [6, 6.07) is 15.1. The average Bonchev–Trinajstić information content (AvgIpc) is 2.93. The summed E-state index contributed by atoms with van der Waals surface area (Å²) >= 11 is 0. The highest BCUT2D eigenvalue weighted by Gasteiger charge is 2.48. The number of benzene rings is 2. The first-order valence-corrected chi connectivity index (χ1v) is 8.49. The number of nitrogens with zero attached hydrogens (tertiary/aromatic N) is 1. The molecule has 2 heterocycles. The van der Waals surface area contributed by atoms with E-state index >= 15 is 0 Å². The second-order valence-corrected chi connectivity index (χ2v) is 6.57. The van der Waals surface area contributed by atoms with E-state index in [9.17, 15) is 9.59 Å². The number of hydrogen-bond donors (Lipinski definition) is 1. The van der Waals surface area contributed by atoms with Crippen molar-refractivity contribution in [3.05, 3.63) is 59.7 Å². The fourth-order valence-electron chi connectivity index (χ4n) is 3.95. The van der Waals surface area contributed by atoms with Crippen molar-refractivity contribution in [1.82, 2.24) is 4.90 Å². The van der Waals surface area contributed by atoms with Gasteiger partial charge in [0.15, 0.2) is 0 Å². The molecule has 2 aromatic carbocycles. The van der Waals surface area contributed by atoms with E-state index in [1.54, 1.807) is 19.2 Å². The molecule has 2 aliphatic heterocycles. The van der Waals surface area contributed by atoms with Gasteiger partial charge in [0.1, 0.15) is 5.75 Å². The molecule has 1 spiro atoms. The molecule has 2 amide bonds. The SMILES string of the molecule is COc1ccccc1C(=O)N1CCC2(CC1)C(=O)Nc1ccccc12. The van der Waals surface area contributed by atoms with E-state index in [0.29, 0.717) is 37.2 Å². The van der Waals surface area contributed by atoms with Gasteiger partial charge >= 0.3 is 0 Å². The molecule has 0 unspecified atom stereocenters. The fourth-order valence-corrected chi connectivity index (χ4v) is 3.95. The molecule has 4 rings (SSSR count). The third-order valence-electron chi connectivity index (χ3n) is 5.37. The molecule has 0 aliphatic carbocycles. The van der Waals surface area contributed by atoms with Crippen molar-refractivity contribution < 1.29 is 14.3 Å². The van der Waals surface area contributed by atoms with Gasteiger partial charge in [-0.25, -0.2) is 0 Å². The Morgan fingerprint density at radius 2 is 1.76 bits per heavy atom. The van der Waals surface area contributed by atoms with E-state index < -0.39 is 5.41 Å². The first kappa shape index (κ1) is 15.7. The summed E-state index contributed by atoms with van der Waals surface area (Å²) in [5, 5.41) is 2.99. The van der Waals surface area contributed by atoms with Crippen LogP contribution in [-0.2, 0) is 10.2 Å². The number of ether oxygens (including phenoxy) is 1. The highest BCUT2D eigenvalue weighted by Crippen LogP contribution is 2.44. The summed E-state index contributed by atoms with van der Waals surface area (Å²) in [5.41, 5.74) is 2.02. The molecule has 0 atom stereocenters. The summed E-state index contributed by atoms with van der Waals surface area (Å²) in [4.78, 5) is 27.3. The molecule has 2 aromatic rings. The lowest BCUT2D eigenvalue weighted by Gasteiger charge is -2.38. The predicted octanol–water partition coefficient (Wildman–Crippen LogP) is 2.82. The third kappa shape index (κ3) is 2.38. The number of nitrogens with one attached hydrogen (secondary N) is 1. The molecule has 1 N–H and O–H groups in total. The summed E-state index contributed by atoms with van der Waals surface area (Å²) in [6.45, 7) is 1.11. The van der Waals surface area contributed by atoms with Crippen LogP contribution in [0.1, 0.15) is 28.8 Å². The van der Waals surface area contributed by atoms with Gasteiger partial charge in [0.05, 0.1) is 18.1 Å². The summed E-state index contributed by atoms with van der Waals surface area (Å²) in [5.74, 6) is 0.592. The maximum absolute atomic E-state index is 12.9. The Balaban J connectivity index is 1.56. The molecule has 25 heavy (non-hydrogen) atoms. The lowest BCUT2D eigenvalue weighted by atomic mass is 9.73. The molecule has 128 valence electrons. The third-order valence-corrected chi connectivity index (χ3v) is 5.37. The summed E-state index contributed by atoms with van der Waals surface area (Å²) < 4.78 is 5.30. The number of para-hydroxylation sites is 2. The predicted molar refractivity (Wildman–Crippen MR) is 94.9 cm³/mol. The zero-order chi connectivity index (χ0) is 17.4. The van der Waals surface area contributed by atoms with Crippen LogP contribution in [0, 0.1) is 0 Å². The second-order valence-electron chi connectivity index (χ2n) is 6.57. The van der Waals surface area contributed by atoms with E-state index in [-0.39, 0.29) is 11.8 Å². The standard InChI is InChI=1S/C20H20N2O3/c1-25-17-9-5-2-6-14(17)18(23)22-12-10-20(11-13-22)15-7-3-4-8-16(15)21-19(20)24/h2-9H,10-13H2,1H3,(H,21,24). The molecular formula is C20H20N2O3. The molecule has 1 fully saturated rings. The summed E-state index contributed by atoms with van der Waals surface area (Å²) in [7, 11) is 1.57. The Labute approximate surface area is 146 Å². The van der Waals surface area contributed by atoms with Crippen LogP contribution >= 0.6 is 0 Å². The minimum absolute atomic E-state index is 0.0426. The normalized spacial score (nSPS) is 18.0. The number of methoxy groups -OCH3 is 1. The van der Waals surface area contributed by atoms with Gasteiger partial charge in [0.25, 0.3) is 5.91 Å². The van der Waals surface area contributed by atoms with Crippen LogP contribution < -0.4 is 10.1 Å². The molecule has 0 radical (unpaired) electrons. The van der Waals surface area contributed by atoms with E-state index in [1.165, 1.54) is 0 Å². The molecule has 5 nitrogen and oxygen atoms in total. The summed E-state index contributed by atoms with van der Waals surface area (Å²) in [6.07, 6.45) is 1.27. The highest BCUT2D eigenvalue weighted by molar-refractivity contribution is 6.06. The zero-order valence-electron chi connectivity index (χ0n) is 14.1. The van der Waals surface area contributed by atoms with Crippen LogP contribution in [0.4, 0.5) is 5.69 Å². The van der Waals surface area contributed by atoms with Gasteiger partial charge < -0.3 is 15.0 Å². The molecular weight excluding hydrogens is 316 g/mol. The lowest BCUT2D eigenvalue weighted by molar-refractivity contribution is -0.122. The Hall–Kier alpha value is -2.82. The molecule has 0 aromatic heterocycles. The number of piperidine rings is 1. The van der Waals surface area contributed by atoms with Crippen LogP contribution in [-0.4, -0.2) is 36.9 Å². The largest absolute Gasteiger partial charge is 0.496 e. The molecule has 2 aliphatic rings. The van der Waals surface area contributed by atoms with Gasteiger partial charge in [0.2, 0.25) is 5.91 Å². The minimum atomic E-state index is -0.506. The number of fused-ring (bicyclic) bond motifs is 2. The second kappa shape index (κ2) is 5.92. The number of rotatable bonds is 2. The van der Waals surface area contributed by atoms with Crippen molar-refractivity contribution in [2.75, 3.05) is 25.5 Å². The van der Waals surface area contributed by atoms with Gasteiger partial charge in [-0.3, -0.25) is 9.59 Å². The smallest absolute Gasteiger partial charge is 0.257 e. The van der Waals surface area contributed by atoms with Crippen LogP contribution in [0.5, 0.6) is 5.75 Å². The van der Waals surface area contributed by atoms with Gasteiger partial charge in [-0.1, -0.05) is 30.3 Å². The van der Waals surface area contributed by atoms with Crippen LogP contribution in [0.2, 0.25) is 0 Å². The Kier molecular flexibility index (Phi) is 3.71. The fraction of sp³-hybridized carbons (Fsp3) is 0.300. The number of anilines is 1. The zero-order valence-corrected chi connectivity index (χ0v) is 14.1. The topological polar surface area (TPSA) is 58.6 Å². The maximum atomic E-state index is 12.9. The van der Waals surface area contributed by atoms with E-state index in [4.69, 9.17) is 4.74 Å². The van der Waals surface area contributed by atoms with Crippen LogP contribution in [0.3, 0.4) is 0 Å². The molecule has 5 heteroatoms. The van der Waals surface area contributed by atoms with E-state index in [2.05, 4.69) is 5.32 Å². The molecule has 0 saturated carbocycles. The number of carbonyl (C=O) groups excluding carboxylic acids is 2. The number of amides is 2. The Morgan fingerprint density at radius 1 is 1.08 bits per heavy atom. The monoisotopic (exact) mass is 336 g/mol. The number of carbonyl (C=O) groups is 2. The lowest BCUT2D eigenvalue weighted by Crippen LogP contribution is -2.48. The minimum Gasteiger partial charge on any atom is -0.496 e. The molecule has 0 bridgehead atoms. The van der Waals surface area contributed by atoms with Crippen LogP contribution in [0.25, 0.3) is 0 Å². The highest BCUT2D eigenvalue weighted by atomic mass is 16.5. The number of likely N-dealkylation sites (tertiary alicyclic amines) is 1. The Bertz CT molecular complexity index is 838. The van der Waals surface area contributed by atoms with Crippen LogP contribution in [0.15, 0.2) is 48.5 Å². The van der Waals surface area contributed by atoms with Crippen molar-refractivity contribution in [3.8, 4) is 5.75 Å². The first-order valence-electron chi connectivity index (χ1n) is 8.49. The Morgan fingerprint density at radius 3 is 2.52 bits per heavy atom. The van der Waals surface area contributed by atoms with E-state index in [0.717, 1.165) is 11.3 Å². The van der Waals surface area contributed by atoms with Crippen molar-refractivity contribution in [2.24, 2.45) is 0 Å². The van der Waals surface area contributed by atoms with Crippen molar-refractivity contribution >= 4 is 17.5 Å². The molecule has 1 saturated heterocycles. The van der Waals surface area contributed by atoms with Gasteiger partial charge in [-0.05, 0) is 36.6 Å². The van der Waals surface area contributed by atoms with Gasteiger partial charge in [-0.2, -0.15) is 0 Å². The van der Waals surface area contributed by atoms with Gasteiger partial charge in [0, 0.05) is 18.8 Å².